The molecule has 0 aliphatic heterocycles. The van der Waals surface area contributed by atoms with Crippen LogP contribution in [0.1, 0.15) is 79.0 Å². The maximum atomic E-state index is 13.4. The van der Waals surface area contributed by atoms with Crippen molar-refractivity contribution < 1.29 is 18.8 Å². The summed E-state index contributed by atoms with van der Waals surface area (Å²) in [5, 5.41) is 8.15. The summed E-state index contributed by atoms with van der Waals surface area (Å²) in [6, 6.07) is 26.5. The number of amides is 2. The second kappa shape index (κ2) is 14.0. The fourth-order valence-electron chi connectivity index (χ4n) is 5.74. The highest BCUT2D eigenvalue weighted by molar-refractivity contribution is 7.80. The van der Waals surface area contributed by atoms with Crippen molar-refractivity contribution in [3.05, 3.63) is 90.0 Å². The van der Waals surface area contributed by atoms with Crippen LogP contribution in [0.5, 0.6) is 5.75 Å². The number of nitrogens with one attached hydrogen (secondary N) is 2. The fraction of sp³-hybridized carbons (Fsp3) is 0.429. The first-order valence-corrected chi connectivity index (χ1v) is 17.2. The topological polar surface area (TPSA) is 76.7 Å². The SMILES string of the molecule is C.CC(C)(C)OC(=O)N[C@H](CCS)C(=O)NC1CCc2ccc(O[Si](c3ccccc3)(c3ccccc3)C(C)(C)C)cc21. The van der Waals surface area contributed by atoms with Gasteiger partial charge in [-0.3, -0.25) is 4.79 Å². The van der Waals surface area contributed by atoms with Crippen LogP contribution in [-0.4, -0.2) is 37.7 Å². The quantitative estimate of drug-likeness (QED) is 0.187. The van der Waals surface area contributed by atoms with Crippen molar-refractivity contribution in [1.82, 2.24) is 10.6 Å². The van der Waals surface area contributed by atoms with Crippen LogP contribution >= 0.6 is 12.6 Å². The van der Waals surface area contributed by atoms with Crippen molar-refractivity contribution >= 4 is 43.3 Å². The Hall–Kier alpha value is -3.23. The van der Waals surface area contributed by atoms with Gasteiger partial charge in [-0.05, 0) is 84.5 Å². The zero-order chi connectivity index (χ0) is 30.5. The fourth-order valence-corrected chi connectivity index (χ4v) is 10.4. The third-order valence-corrected chi connectivity index (χ3v) is 12.8. The third kappa shape index (κ3) is 8.03. The van der Waals surface area contributed by atoms with Crippen LogP contribution in [0.15, 0.2) is 78.9 Å². The molecule has 232 valence electrons. The maximum absolute atomic E-state index is 13.4. The summed E-state index contributed by atoms with van der Waals surface area (Å²) in [5.41, 5.74) is 1.60. The Morgan fingerprint density at radius 2 is 1.51 bits per heavy atom. The predicted molar refractivity (Wildman–Crippen MR) is 182 cm³/mol. The summed E-state index contributed by atoms with van der Waals surface area (Å²) in [5.74, 6) is 1.00. The van der Waals surface area contributed by atoms with Gasteiger partial charge in [0.2, 0.25) is 5.91 Å². The van der Waals surface area contributed by atoms with Gasteiger partial charge in [-0.2, -0.15) is 12.6 Å². The number of benzene rings is 3. The molecule has 0 radical (unpaired) electrons. The van der Waals surface area contributed by atoms with E-state index in [2.05, 4.69) is 111 Å². The van der Waals surface area contributed by atoms with E-state index in [0.29, 0.717) is 12.2 Å². The lowest BCUT2D eigenvalue weighted by Gasteiger charge is -2.43. The number of carbonyl (C=O) groups is 2. The van der Waals surface area contributed by atoms with Gasteiger partial charge in [0.25, 0.3) is 0 Å². The normalized spacial score (nSPS) is 15.5. The van der Waals surface area contributed by atoms with E-state index < -0.39 is 26.1 Å². The van der Waals surface area contributed by atoms with Crippen molar-refractivity contribution in [1.29, 1.82) is 0 Å². The van der Waals surface area contributed by atoms with Crippen LogP contribution in [0.2, 0.25) is 5.04 Å². The third-order valence-electron chi connectivity index (χ3n) is 7.62. The lowest BCUT2D eigenvalue weighted by atomic mass is 10.1. The Balaban J connectivity index is 0.00000506. The van der Waals surface area contributed by atoms with Crippen molar-refractivity contribution in [3.8, 4) is 5.75 Å². The Morgan fingerprint density at radius 1 is 0.930 bits per heavy atom. The largest absolute Gasteiger partial charge is 0.534 e. The van der Waals surface area contributed by atoms with Crippen molar-refractivity contribution in [2.24, 2.45) is 0 Å². The van der Waals surface area contributed by atoms with Crippen LogP contribution in [0.3, 0.4) is 0 Å². The minimum atomic E-state index is -2.80. The molecule has 2 atom stereocenters. The molecule has 8 heteroatoms. The van der Waals surface area contributed by atoms with Gasteiger partial charge in [0.05, 0.1) is 6.04 Å². The minimum Gasteiger partial charge on any atom is -0.534 e. The van der Waals surface area contributed by atoms with E-state index in [1.807, 2.05) is 12.1 Å². The number of hydrogen-bond donors (Lipinski definition) is 3. The maximum Gasteiger partial charge on any atom is 0.408 e. The molecule has 3 aromatic rings. The first-order chi connectivity index (χ1) is 19.8. The number of aryl methyl sites for hydroxylation is 1. The summed E-state index contributed by atoms with van der Waals surface area (Å²) in [6.07, 6.45) is 1.42. The number of rotatable bonds is 9. The molecule has 6 nitrogen and oxygen atoms in total. The predicted octanol–water partition coefficient (Wildman–Crippen LogP) is 6.58. The van der Waals surface area contributed by atoms with E-state index in [9.17, 15) is 9.59 Å². The lowest BCUT2D eigenvalue weighted by Crippen LogP contribution is -2.68. The Labute approximate surface area is 264 Å². The molecule has 0 fully saturated rings. The summed E-state index contributed by atoms with van der Waals surface area (Å²) in [7, 11) is -2.80. The van der Waals surface area contributed by atoms with Gasteiger partial charge < -0.3 is 19.8 Å². The van der Waals surface area contributed by atoms with Crippen LogP contribution in [0, 0.1) is 0 Å². The molecular weight excluding hydrogens is 573 g/mol. The molecule has 0 heterocycles. The highest BCUT2D eigenvalue weighted by atomic mass is 32.1. The van der Waals surface area contributed by atoms with Gasteiger partial charge in [0.1, 0.15) is 17.4 Å². The Morgan fingerprint density at radius 3 is 2.02 bits per heavy atom. The second-order valence-electron chi connectivity index (χ2n) is 12.9. The molecule has 1 aliphatic carbocycles. The van der Waals surface area contributed by atoms with Crippen molar-refractivity contribution in [2.75, 3.05) is 5.75 Å². The van der Waals surface area contributed by atoms with Gasteiger partial charge in [0, 0.05) is 0 Å². The summed E-state index contributed by atoms with van der Waals surface area (Å²) in [6.45, 7) is 12.2. The highest BCUT2D eigenvalue weighted by Gasteiger charge is 2.52. The van der Waals surface area contributed by atoms with Gasteiger partial charge >= 0.3 is 14.4 Å². The van der Waals surface area contributed by atoms with Crippen molar-refractivity contribution in [3.63, 3.8) is 0 Å². The Kier molecular flexibility index (Phi) is 11.2. The molecule has 2 N–H and O–H groups in total. The summed E-state index contributed by atoms with van der Waals surface area (Å²) in [4.78, 5) is 25.8. The zero-order valence-corrected chi connectivity index (χ0v) is 27.5. The van der Waals surface area contributed by atoms with Crippen LogP contribution < -0.4 is 25.4 Å². The van der Waals surface area contributed by atoms with Crippen LogP contribution in [-0.2, 0) is 16.0 Å². The molecule has 1 unspecified atom stereocenters. The number of carbonyl (C=O) groups excluding carboxylic acids is 2. The van der Waals surface area contributed by atoms with E-state index in [4.69, 9.17) is 9.16 Å². The number of fused-ring (bicyclic) bond motifs is 1. The first-order valence-electron chi connectivity index (χ1n) is 14.7. The van der Waals surface area contributed by atoms with Gasteiger partial charge in [-0.15, -0.1) is 0 Å². The monoisotopic (exact) mass is 620 g/mol. The lowest BCUT2D eigenvalue weighted by molar-refractivity contribution is -0.124. The Bertz CT molecular complexity index is 1330. The van der Waals surface area contributed by atoms with E-state index >= 15 is 0 Å². The molecule has 2 amide bonds. The molecule has 1 aliphatic rings. The summed E-state index contributed by atoms with van der Waals surface area (Å²) < 4.78 is 12.6. The number of hydrogen-bond acceptors (Lipinski definition) is 5. The molecule has 3 aromatic carbocycles. The highest BCUT2D eigenvalue weighted by Crippen LogP contribution is 2.40. The standard InChI is InChI=1S/C34H44N2O4SSi.CH4/c1-33(2,3)39-32(38)36-30(21-22-41)31(37)35-29-20-18-24-17-19-25(23-28(24)29)40-42(34(4,5)6,26-13-9-7-10-14-26)27-15-11-8-12-16-27;/h7-17,19,23,29-30,41H,18,20-22H2,1-6H3,(H,35,37)(H,36,38);1H4/t29?,30-;/m1./s1. The summed E-state index contributed by atoms with van der Waals surface area (Å²) >= 11 is 4.31. The van der Waals surface area contributed by atoms with E-state index in [1.165, 1.54) is 15.9 Å². The molecule has 0 aromatic heterocycles. The number of ether oxygens (including phenoxy) is 1. The van der Waals surface area contributed by atoms with Crippen LogP contribution in [0.25, 0.3) is 0 Å². The first kappa shape index (κ1) is 34.3. The van der Waals surface area contributed by atoms with Gasteiger partial charge in [0.15, 0.2) is 0 Å². The van der Waals surface area contributed by atoms with Crippen LogP contribution in [0.4, 0.5) is 4.79 Å². The molecular formula is C35H48N2O4SSi. The van der Waals surface area contributed by atoms with Gasteiger partial charge in [-0.1, -0.05) is 94.9 Å². The van der Waals surface area contributed by atoms with E-state index in [1.54, 1.807) is 20.8 Å². The molecule has 0 saturated heterocycles. The smallest absolute Gasteiger partial charge is 0.408 e. The van der Waals surface area contributed by atoms with E-state index in [-0.39, 0.29) is 24.4 Å². The average molecular weight is 621 g/mol. The number of thiol groups is 1. The van der Waals surface area contributed by atoms with Gasteiger partial charge in [-0.25, -0.2) is 4.79 Å². The minimum absolute atomic E-state index is 0. The molecule has 4 rings (SSSR count). The molecule has 0 bridgehead atoms. The van der Waals surface area contributed by atoms with E-state index in [0.717, 1.165) is 24.2 Å². The molecule has 43 heavy (non-hydrogen) atoms. The number of alkyl carbamates (subject to hydrolysis) is 1. The second-order valence-corrected chi connectivity index (χ2v) is 17.6. The molecule has 0 saturated carbocycles. The zero-order valence-electron chi connectivity index (χ0n) is 25.6. The average Bonchev–Trinajstić information content (AvgIpc) is 3.32. The molecule has 0 spiro atoms. The van der Waals surface area contributed by atoms with Crippen molar-refractivity contribution in [2.45, 2.75) is 91.0 Å².